The van der Waals surface area contributed by atoms with Crippen LogP contribution in [0.4, 0.5) is 5.82 Å². The highest BCUT2D eigenvalue weighted by molar-refractivity contribution is 9.10. The van der Waals surface area contributed by atoms with E-state index in [1.54, 1.807) is 12.4 Å². The quantitative estimate of drug-likeness (QED) is 0.269. The average molecular weight is 610 g/mol. The van der Waals surface area contributed by atoms with Gasteiger partial charge in [-0.15, -0.1) is 5.73 Å². The molecule has 0 spiro atoms. The molecule has 41 heavy (non-hydrogen) atoms. The number of benzene rings is 2. The van der Waals surface area contributed by atoms with Crippen LogP contribution in [0.25, 0.3) is 5.65 Å². The van der Waals surface area contributed by atoms with E-state index in [1.807, 2.05) is 70.2 Å². The zero-order valence-electron chi connectivity index (χ0n) is 22.6. The molecule has 5 heterocycles. The number of aromatic nitrogens is 3. The lowest BCUT2D eigenvalue weighted by molar-refractivity contribution is -0.133. The first-order chi connectivity index (χ1) is 20.0. The van der Waals surface area contributed by atoms with Crippen LogP contribution in [0, 0.1) is 5.41 Å². The van der Waals surface area contributed by atoms with E-state index in [0.29, 0.717) is 13.1 Å². The second-order valence-electron chi connectivity index (χ2n) is 11.1. The fourth-order valence-electron chi connectivity index (χ4n) is 5.96. The third kappa shape index (κ3) is 4.75. The second kappa shape index (κ2) is 10.3. The molecule has 1 fully saturated rings. The van der Waals surface area contributed by atoms with Crippen molar-refractivity contribution in [1.82, 2.24) is 19.5 Å². The summed E-state index contributed by atoms with van der Waals surface area (Å²) in [6.45, 7) is 4.06. The smallest absolute Gasteiger partial charge is 0.234 e. The summed E-state index contributed by atoms with van der Waals surface area (Å²) >= 11 is 3.62. The van der Waals surface area contributed by atoms with Crippen LogP contribution in [-0.4, -0.2) is 51.3 Å². The molecule has 1 amide bonds. The Kier molecular flexibility index (Phi) is 6.48. The lowest BCUT2D eigenvalue weighted by atomic mass is 9.85. The monoisotopic (exact) mass is 608 g/mol. The normalized spacial score (nSPS) is 21.4. The largest absolute Gasteiger partial charge is 0.457 e. The minimum absolute atomic E-state index is 0.0973. The number of ether oxygens (including phenoxy) is 1. The van der Waals surface area contributed by atoms with Gasteiger partial charge >= 0.3 is 0 Å². The molecular weight excluding hydrogens is 580 g/mol. The highest BCUT2D eigenvalue weighted by atomic mass is 79.9. The summed E-state index contributed by atoms with van der Waals surface area (Å²) < 4.78 is 8.80. The number of fused-ring (bicyclic) bond motifs is 3. The molecule has 0 radical (unpaired) electrons. The molecule has 1 N–H and O–H groups in total. The van der Waals surface area contributed by atoms with Crippen molar-refractivity contribution in [2.75, 3.05) is 25.0 Å². The van der Waals surface area contributed by atoms with Gasteiger partial charge in [0.15, 0.2) is 5.65 Å². The number of nitrogens with zero attached hydrogens (tertiary/aromatic N) is 5. The summed E-state index contributed by atoms with van der Waals surface area (Å²) in [5.41, 5.74) is 6.35. The number of halogens is 1. The van der Waals surface area contributed by atoms with Gasteiger partial charge < -0.3 is 15.0 Å². The molecule has 2 unspecified atom stereocenters. The van der Waals surface area contributed by atoms with Gasteiger partial charge in [-0.2, -0.15) is 9.61 Å². The number of carbonyl (C=O) groups excluding carboxylic acids is 1. The van der Waals surface area contributed by atoms with Crippen molar-refractivity contribution >= 4 is 39.5 Å². The first-order valence-corrected chi connectivity index (χ1v) is 14.7. The van der Waals surface area contributed by atoms with Gasteiger partial charge in [-0.3, -0.25) is 9.79 Å². The molecule has 9 heteroatoms. The molecule has 3 aliphatic rings. The number of nitrogens with one attached hydrogen (secondary N) is 1. The predicted octanol–water partition coefficient (Wildman–Crippen LogP) is 6.31. The van der Waals surface area contributed by atoms with Crippen LogP contribution in [0.15, 0.2) is 88.3 Å². The van der Waals surface area contributed by atoms with Crippen LogP contribution in [-0.2, 0) is 4.79 Å². The molecule has 206 valence electrons. The molecule has 0 bridgehead atoms. The van der Waals surface area contributed by atoms with Gasteiger partial charge in [-0.1, -0.05) is 36.4 Å². The van der Waals surface area contributed by atoms with Crippen molar-refractivity contribution in [3.05, 3.63) is 100 Å². The number of likely N-dealkylation sites (tertiary alicyclic amines) is 1. The predicted molar refractivity (Wildman–Crippen MR) is 162 cm³/mol. The number of carbonyl (C=O) groups is 1. The summed E-state index contributed by atoms with van der Waals surface area (Å²) in [4.78, 5) is 25.6. The van der Waals surface area contributed by atoms with Crippen molar-refractivity contribution in [2.24, 2.45) is 10.4 Å². The fourth-order valence-corrected chi connectivity index (χ4v) is 6.31. The molecule has 2 aromatic heterocycles. The molecule has 7 rings (SSSR count). The van der Waals surface area contributed by atoms with Crippen molar-refractivity contribution < 1.29 is 9.53 Å². The fraction of sp³-hybridized carbons (Fsp3) is 0.281. The highest BCUT2D eigenvalue weighted by Gasteiger charge is 2.37. The van der Waals surface area contributed by atoms with Gasteiger partial charge in [0.1, 0.15) is 17.3 Å². The van der Waals surface area contributed by atoms with Crippen LogP contribution in [0.3, 0.4) is 0 Å². The van der Waals surface area contributed by atoms with E-state index in [2.05, 4.69) is 50.1 Å². The number of hydrogen-bond donors (Lipinski definition) is 1. The lowest BCUT2D eigenvalue weighted by Crippen LogP contribution is -2.42. The Hall–Kier alpha value is -4.20. The maximum Gasteiger partial charge on any atom is 0.234 e. The first-order valence-electron chi connectivity index (χ1n) is 13.9. The summed E-state index contributed by atoms with van der Waals surface area (Å²) in [5, 5.41) is 8.11. The molecule has 2 atom stereocenters. The van der Waals surface area contributed by atoms with Gasteiger partial charge in [-0.25, -0.2) is 4.98 Å². The van der Waals surface area contributed by atoms with E-state index in [9.17, 15) is 4.79 Å². The Morgan fingerprint density at radius 3 is 2.66 bits per heavy atom. The standard InChI is InChI=1S/C32H29BrN6O2/c1-32(13-7-14-34-19-32)20-35-28-16-25(37-30-24(33)17-36-39(28)30)21-8-6-15-38(18-21)31(40)29-22-9-2-4-11-26(22)41-27-12-5-3-10-23(27)29/h2-5,9-14,16-17,19,21,29,35H,6,8,15,18,20H2,1H3. The SMILES string of the molecule is CC1(CNc2cc(C3CCCN(C(=O)C4c5ccccc5Oc5ccccc54)C3)nc3c(Br)cnn23)C=C=CN=C1. The molecular formula is C32H29BrN6O2. The third-order valence-electron chi connectivity index (χ3n) is 8.11. The zero-order chi connectivity index (χ0) is 28.0. The molecule has 1 saturated heterocycles. The van der Waals surface area contributed by atoms with E-state index in [1.165, 1.54) is 0 Å². The van der Waals surface area contributed by atoms with Gasteiger partial charge in [0.2, 0.25) is 5.91 Å². The van der Waals surface area contributed by atoms with Crippen LogP contribution in [0.1, 0.15) is 48.4 Å². The number of amides is 1. The van der Waals surface area contributed by atoms with Crippen molar-refractivity contribution in [1.29, 1.82) is 0 Å². The number of rotatable bonds is 5. The summed E-state index contributed by atoms with van der Waals surface area (Å²) in [5.74, 6) is 2.14. The molecule has 0 saturated carbocycles. The molecule has 4 aromatic rings. The molecule has 3 aliphatic heterocycles. The Morgan fingerprint density at radius 1 is 1.17 bits per heavy atom. The van der Waals surface area contributed by atoms with Crippen LogP contribution in [0.5, 0.6) is 11.5 Å². The number of para-hydroxylation sites is 2. The van der Waals surface area contributed by atoms with E-state index in [4.69, 9.17) is 9.72 Å². The summed E-state index contributed by atoms with van der Waals surface area (Å²) in [6.07, 6.45) is 9.24. The Bertz CT molecular complexity index is 1710. The first kappa shape index (κ1) is 25.7. The Balaban J connectivity index is 1.18. The number of hydrogen-bond acceptors (Lipinski definition) is 6. The second-order valence-corrected chi connectivity index (χ2v) is 12.0. The van der Waals surface area contributed by atoms with Crippen molar-refractivity contribution in [3.63, 3.8) is 0 Å². The Labute approximate surface area is 246 Å². The molecule has 0 aliphatic carbocycles. The maximum absolute atomic E-state index is 14.3. The van der Waals surface area contributed by atoms with Gasteiger partial charge in [-0.05, 0) is 53.9 Å². The van der Waals surface area contributed by atoms with E-state index in [0.717, 1.165) is 63.6 Å². The van der Waals surface area contributed by atoms with Crippen LogP contribution >= 0.6 is 15.9 Å². The number of aliphatic imine (C=N–C) groups is 1. The highest BCUT2D eigenvalue weighted by Crippen LogP contribution is 2.45. The van der Waals surface area contributed by atoms with Crippen molar-refractivity contribution in [2.45, 2.75) is 31.6 Å². The number of piperidine rings is 1. The average Bonchev–Trinajstić information content (AvgIpc) is 3.39. The molecule has 8 nitrogen and oxygen atoms in total. The Morgan fingerprint density at radius 2 is 1.93 bits per heavy atom. The summed E-state index contributed by atoms with van der Waals surface area (Å²) in [6, 6.07) is 17.8. The minimum atomic E-state index is -0.397. The van der Waals surface area contributed by atoms with Crippen LogP contribution < -0.4 is 10.1 Å². The van der Waals surface area contributed by atoms with Gasteiger partial charge in [0.25, 0.3) is 0 Å². The summed E-state index contributed by atoms with van der Waals surface area (Å²) in [7, 11) is 0. The minimum Gasteiger partial charge on any atom is -0.457 e. The van der Waals surface area contributed by atoms with Crippen molar-refractivity contribution in [3.8, 4) is 11.5 Å². The van der Waals surface area contributed by atoms with Gasteiger partial charge in [0.05, 0.1) is 28.5 Å². The van der Waals surface area contributed by atoms with E-state index >= 15 is 0 Å². The van der Waals surface area contributed by atoms with E-state index < -0.39 is 5.92 Å². The topological polar surface area (TPSA) is 84.1 Å². The number of anilines is 1. The zero-order valence-corrected chi connectivity index (χ0v) is 24.2. The third-order valence-corrected chi connectivity index (χ3v) is 8.67. The van der Waals surface area contributed by atoms with E-state index in [-0.39, 0.29) is 17.2 Å². The van der Waals surface area contributed by atoms with Gasteiger partial charge in [0, 0.05) is 54.4 Å². The lowest BCUT2D eigenvalue weighted by Gasteiger charge is -2.37. The maximum atomic E-state index is 14.3. The molecule has 2 aromatic carbocycles. The van der Waals surface area contributed by atoms with Crippen LogP contribution in [0.2, 0.25) is 0 Å².